The molecule has 28 heavy (non-hydrogen) atoms. The molecule has 0 saturated carbocycles. The first-order chi connectivity index (χ1) is 13.5. The van der Waals surface area contributed by atoms with Gasteiger partial charge in [0.2, 0.25) is 0 Å². The molecule has 0 unspecified atom stereocenters. The zero-order chi connectivity index (χ0) is 19.7. The Bertz CT molecular complexity index is 1150. The molecular formula is C20H15BrFN5O. The molecule has 4 aromatic rings. The smallest absolute Gasteiger partial charge is 0.259 e. The van der Waals surface area contributed by atoms with E-state index in [-0.39, 0.29) is 5.91 Å². The lowest BCUT2D eigenvalue weighted by Crippen LogP contribution is -2.15. The van der Waals surface area contributed by atoms with Crippen molar-refractivity contribution in [2.24, 2.45) is 0 Å². The number of hydrogen-bond acceptors (Lipinski definition) is 3. The van der Waals surface area contributed by atoms with Crippen LogP contribution in [0.1, 0.15) is 16.1 Å². The van der Waals surface area contributed by atoms with Crippen LogP contribution in [0.5, 0.6) is 0 Å². The summed E-state index contributed by atoms with van der Waals surface area (Å²) in [5, 5.41) is 11.3. The zero-order valence-corrected chi connectivity index (χ0v) is 16.4. The lowest BCUT2D eigenvalue weighted by Gasteiger charge is -2.12. The van der Waals surface area contributed by atoms with Crippen LogP contribution in [0, 0.1) is 12.7 Å². The van der Waals surface area contributed by atoms with Crippen molar-refractivity contribution in [2.75, 3.05) is 5.32 Å². The topological polar surface area (TPSA) is 64.7 Å². The number of carbonyl (C=O) groups is 1. The minimum Gasteiger partial charge on any atom is -0.320 e. The molecule has 1 amide bonds. The molecule has 6 nitrogen and oxygen atoms in total. The standard InChI is InChI=1S/C20H15BrFN5O/c1-13-15(12-24-27(13)18-6-3-2-5-16(18)22)20(28)25-17-11-14(21)7-8-19(17)26-10-4-9-23-26/h2-12H,1H3,(H,25,28). The van der Waals surface area contributed by atoms with E-state index < -0.39 is 5.82 Å². The predicted molar refractivity (Wildman–Crippen MR) is 107 cm³/mol. The maximum absolute atomic E-state index is 14.1. The number of carbonyl (C=O) groups excluding carboxylic acids is 1. The average molecular weight is 440 g/mol. The van der Waals surface area contributed by atoms with Gasteiger partial charge in [0.15, 0.2) is 0 Å². The van der Waals surface area contributed by atoms with Crippen LogP contribution >= 0.6 is 15.9 Å². The molecule has 2 heterocycles. The molecule has 0 aliphatic rings. The van der Waals surface area contributed by atoms with E-state index in [1.165, 1.54) is 16.9 Å². The van der Waals surface area contributed by atoms with E-state index in [2.05, 4.69) is 31.4 Å². The molecule has 4 rings (SSSR count). The molecule has 0 atom stereocenters. The highest BCUT2D eigenvalue weighted by Crippen LogP contribution is 2.26. The molecule has 8 heteroatoms. The van der Waals surface area contributed by atoms with Crippen molar-refractivity contribution in [3.05, 3.63) is 88.7 Å². The summed E-state index contributed by atoms with van der Waals surface area (Å²) in [6.45, 7) is 1.73. The predicted octanol–water partition coefficient (Wildman–Crippen LogP) is 4.52. The van der Waals surface area contributed by atoms with Gasteiger partial charge >= 0.3 is 0 Å². The van der Waals surface area contributed by atoms with Gasteiger partial charge in [-0.2, -0.15) is 10.2 Å². The van der Waals surface area contributed by atoms with Gasteiger partial charge in [0.25, 0.3) is 5.91 Å². The van der Waals surface area contributed by atoms with Crippen LogP contribution in [0.4, 0.5) is 10.1 Å². The van der Waals surface area contributed by atoms with Crippen LogP contribution in [0.25, 0.3) is 11.4 Å². The van der Waals surface area contributed by atoms with Gasteiger partial charge in [-0.15, -0.1) is 0 Å². The van der Waals surface area contributed by atoms with Crippen molar-refractivity contribution in [3.63, 3.8) is 0 Å². The van der Waals surface area contributed by atoms with Crippen molar-refractivity contribution < 1.29 is 9.18 Å². The van der Waals surface area contributed by atoms with Crippen LogP contribution in [0.3, 0.4) is 0 Å². The summed E-state index contributed by atoms with van der Waals surface area (Å²) in [7, 11) is 0. The Morgan fingerprint density at radius 1 is 1.11 bits per heavy atom. The van der Waals surface area contributed by atoms with Crippen molar-refractivity contribution in [1.82, 2.24) is 19.6 Å². The summed E-state index contributed by atoms with van der Waals surface area (Å²) in [4.78, 5) is 12.9. The van der Waals surface area contributed by atoms with Gasteiger partial charge in [-0.1, -0.05) is 28.1 Å². The summed E-state index contributed by atoms with van der Waals surface area (Å²) < 4.78 is 18.0. The van der Waals surface area contributed by atoms with Gasteiger partial charge in [0, 0.05) is 16.9 Å². The molecule has 2 aromatic heterocycles. The Morgan fingerprint density at radius 3 is 2.68 bits per heavy atom. The van der Waals surface area contributed by atoms with E-state index in [1.54, 1.807) is 54.3 Å². The number of anilines is 1. The Hall–Kier alpha value is -3.26. The van der Waals surface area contributed by atoms with Crippen LogP contribution in [0.2, 0.25) is 0 Å². The van der Waals surface area contributed by atoms with Gasteiger partial charge in [0.1, 0.15) is 11.5 Å². The minimum absolute atomic E-state index is 0.290. The summed E-state index contributed by atoms with van der Waals surface area (Å²) in [5.41, 5.74) is 2.49. The molecule has 2 aromatic carbocycles. The number of aromatic nitrogens is 4. The van der Waals surface area contributed by atoms with E-state index in [0.29, 0.717) is 22.6 Å². The fourth-order valence-corrected chi connectivity index (χ4v) is 3.27. The molecule has 0 saturated heterocycles. The molecule has 0 aliphatic heterocycles. The molecular weight excluding hydrogens is 425 g/mol. The Kier molecular flexibility index (Phi) is 4.79. The first kappa shape index (κ1) is 18.1. The molecule has 1 N–H and O–H groups in total. The van der Waals surface area contributed by atoms with Crippen molar-refractivity contribution >= 4 is 27.5 Å². The van der Waals surface area contributed by atoms with Gasteiger partial charge in [-0.3, -0.25) is 4.79 Å². The monoisotopic (exact) mass is 439 g/mol. The average Bonchev–Trinajstić information content (AvgIpc) is 3.32. The second-order valence-corrected chi connectivity index (χ2v) is 6.99. The van der Waals surface area contributed by atoms with Crippen LogP contribution < -0.4 is 5.32 Å². The van der Waals surface area contributed by atoms with Gasteiger partial charge in [-0.05, 0) is 43.3 Å². The van der Waals surface area contributed by atoms with Gasteiger partial charge in [0.05, 0.1) is 28.8 Å². The van der Waals surface area contributed by atoms with Crippen LogP contribution in [0.15, 0.2) is 71.6 Å². The second kappa shape index (κ2) is 7.40. The lowest BCUT2D eigenvalue weighted by atomic mass is 10.2. The summed E-state index contributed by atoms with van der Waals surface area (Å²) >= 11 is 3.42. The molecule has 0 spiro atoms. The number of hydrogen-bond donors (Lipinski definition) is 1. The number of amides is 1. The summed E-state index contributed by atoms with van der Waals surface area (Å²) in [6.07, 6.45) is 4.89. The normalized spacial score (nSPS) is 10.8. The molecule has 0 radical (unpaired) electrons. The minimum atomic E-state index is -0.409. The zero-order valence-electron chi connectivity index (χ0n) is 14.8. The largest absolute Gasteiger partial charge is 0.320 e. The maximum atomic E-state index is 14.1. The fraction of sp³-hybridized carbons (Fsp3) is 0.0500. The molecule has 0 fully saturated rings. The number of nitrogens with one attached hydrogen (secondary N) is 1. The third-order valence-corrected chi connectivity index (χ3v) is 4.79. The number of halogens is 2. The van der Waals surface area contributed by atoms with Gasteiger partial charge in [-0.25, -0.2) is 13.8 Å². The van der Waals surface area contributed by atoms with E-state index >= 15 is 0 Å². The van der Waals surface area contributed by atoms with Crippen molar-refractivity contribution in [3.8, 4) is 11.4 Å². The van der Waals surface area contributed by atoms with E-state index in [9.17, 15) is 9.18 Å². The first-order valence-corrected chi connectivity index (χ1v) is 9.24. The number of rotatable bonds is 4. The number of nitrogens with zero attached hydrogens (tertiary/aromatic N) is 4. The van der Waals surface area contributed by atoms with Crippen LogP contribution in [-0.4, -0.2) is 25.5 Å². The maximum Gasteiger partial charge on any atom is 0.259 e. The van der Waals surface area contributed by atoms with Gasteiger partial charge < -0.3 is 5.32 Å². The first-order valence-electron chi connectivity index (χ1n) is 8.45. The Labute approximate surface area is 168 Å². The summed E-state index contributed by atoms with van der Waals surface area (Å²) in [6, 6.07) is 13.6. The Morgan fingerprint density at radius 2 is 1.93 bits per heavy atom. The molecule has 140 valence electrons. The SMILES string of the molecule is Cc1c(C(=O)Nc2cc(Br)ccc2-n2cccn2)cnn1-c1ccccc1F. The fourth-order valence-electron chi connectivity index (χ4n) is 2.91. The quantitative estimate of drug-likeness (QED) is 0.508. The highest BCUT2D eigenvalue weighted by Gasteiger charge is 2.18. The van der Waals surface area contributed by atoms with E-state index in [4.69, 9.17) is 0 Å². The number of benzene rings is 2. The molecule has 0 aliphatic carbocycles. The third-order valence-electron chi connectivity index (χ3n) is 4.29. The highest BCUT2D eigenvalue weighted by molar-refractivity contribution is 9.10. The number of para-hydroxylation sites is 1. The third kappa shape index (κ3) is 3.34. The van der Waals surface area contributed by atoms with E-state index in [0.717, 1.165) is 10.2 Å². The Balaban J connectivity index is 1.68. The molecule has 0 bridgehead atoms. The van der Waals surface area contributed by atoms with Crippen molar-refractivity contribution in [1.29, 1.82) is 0 Å². The second-order valence-electron chi connectivity index (χ2n) is 6.07. The highest BCUT2D eigenvalue weighted by atomic mass is 79.9. The lowest BCUT2D eigenvalue weighted by molar-refractivity contribution is 0.102. The van der Waals surface area contributed by atoms with Crippen LogP contribution in [-0.2, 0) is 0 Å². The summed E-state index contributed by atoms with van der Waals surface area (Å²) in [5.74, 6) is -0.750. The van der Waals surface area contributed by atoms with Crippen molar-refractivity contribution in [2.45, 2.75) is 6.92 Å². The van der Waals surface area contributed by atoms with E-state index in [1.807, 2.05) is 12.1 Å².